The second-order valence-electron chi connectivity index (χ2n) is 3.72. The Kier molecular flexibility index (Phi) is 2.83. The van der Waals surface area contributed by atoms with Crippen molar-refractivity contribution in [3.63, 3.8) is 0 Å². The van der Waals surface area contributed by atoms with Crippen molar-refractivity contribution in [1.82, 2.24) is 29.5 Å². The third-order valence-electron chi connectivity index (χ3n) is 2.10. The number of carbonyl (C=O) groups excluding carboxylic acids is 1. The summed E-state index contributed by atoms with van der Waals surface area (Å²) in [5.74, 6) is -0.618. The van der Waals surface area contributed by atoms with Crippen LogP contribution in [0.15, 0.2) is 12.7 Å². The predicted molar refractivity (Wildman–Crippen MR) is 57.0 cm³/mol. The lowest BCUT2D eigenvalue weighted by Crippen LogP contribution is -2.23. The summed E-state index contributed by atoms with van der Waals surface area (Å²) in [4.78, 5) is 29.2. The zero-order valence-corrected chi connectivity index (χ0v) is 9.59. The van der Waals surface area contributed by atoms with Crippen LogP contribution >= 0.6 is 0 Å². The van der Waals surface area contributed by atoms with Gasteiger partial charge in [0.15, 0.2) is 0 Å². The maximum Gasteiger partial charge on any atom is 0.491 e. The molecule has 0 aliphatic rings. The van der Waals surface area contributed by atoms with Gasteiger partial charge in [0.05, 0.1) is 0 Å². The van der Waals surface area contributed by atoms with Crippen LogP contribution in [-0.4, -0.2) is 40.5 Å². The highest BCUT2D eigenvalue weighted by atomic mass is 16.6. The summed E-state index contributed by atoms with van der Waals surface area (Å²) in [5, 5.41) is 17.8. The van der Waals surface area contributed by atoms with Crippen molar-refractivity contribution < 1.29 is 9.72 Å². The first-order valence-electron chi connectivity index (χ1n) is 5.01. The lowest BCUT2D eigenvalue weighted by molar-refractivity contribution is -0.394. The molecule has 0 aliphatic carbocycles. The van der Waals surface area contributed by atoms with E-state index in [4.69, 9.17) is 0 Å². The van der Waals surface area contributed by atoms with Crippen LogP contribution < -0.4 is 0 Å². The van der Waals surface area contributed by atoms with E-state index >= 15 is 0 Å². The molecule has 0 fully saturated rings. The van der Waals surface area contributed by atoms with Gasteiger partial charge in [0.1, 0.15) is 12.7 Å². The van der Waals surface area contributed by atoms with Crippen molar-refractivity contribution in [3.8, 4) is 0 Å². The molecule has 18 heavy (non-hydrogen) atoms. The molecule has 10 heteroatoms. The van der Waals surface area contributed by atoms with E-state index in [-0.39, 0.29) is 11.7 Å². The summed E-state index contributed by atoms with van der Waals surface area (Å²) >= 11 is 0. The smallest absolute Gasteiger partial charge is 0.390 e. The van der Waals surface area contributed by atoms with E-state index in [1.54, 1.807) is 13.8 Å². The van der Waals surface area contributed by atoms with E-state index in [0.29, 0.717) is 0 Å². The summed E-state index contributed by atoms with van der Waals surface area (Å²) < 4.78 is 1.78. The maximum atomic E-state index is 12.0. The molecule has 2 aromatic rings. The second-order valence-corrected chi connectivity index (χ2v) is 3.72. The van der Waals surface area contributed by atoms with Gasteiger partial charge in [-0.25, -0.2) is 9.78 Å². The lowest BCUT2D eigenvalue weighted by atomic mass is 10.2. The average molecular weight is 251 g/mol. The topological polar surface area (TPSA) is 122 Å². The summed E-state index contributed by atoms with van der Waals surface area (Å²) in [7, 11) is 0. The summed E-state index contributed by atoms with van der Waals surface area (Å²) in [6.07, 6.45) is 2.36. The van der Waals surface area contributed by atoms with E-state index in [1.807, 2.05) is 0 Å². The van der Waals surface area contributed by atoms with Gasteiger partial charge in [0, 0.05) is 11.0 Å². The second kappa shape index (κ2) is 4.31. The molecule has 94 valence electrons. The van der Waals surface area contributed by atoms with E-state index in [1.165, 1.54) is 12.7 Å². The van der Waals surface area contributed by atoms with Gasteiger partial charge in [-0.1, -0.05) is 18.5 Å². The monoisotopic (exact) mass is 251 g/mol. The molecule has 0 saturated carbocycles. The summed E-state index contributed by atoms with van der Waals surface area (Å²) in [5.41, 5.74) is 0. The van der Waals surface area contributed by atoms with Crippen LogP contribution in [0.25, 0.3) is 0 Å². The molecule has 0 spiro atoms. The highest BCUT2D eigenvalue weighted by molar-refractivity contribution is 5.77. The SMILES string of the molecule is CC(C)c1nc([N+](=O)[O-])nn1C(=O)n1cncn1. The molecule has 2 aromatic heterocycles. The minimum absolute atomic E-state index is 0.196. The maximum absolute atomic E-state index is 12.0. The molecule has 10 nitrogen and oxygen atoms in total. The molecular weight excluding hydrogens is 242 g/mol. The first-order chi connectivity index (χ1) is 8.50. The molecule has 0 unspecified atom stereocenters. The number of rotatable bonds is 2. The Morgan fingerprint density at radius 1 is 1.50 bits per heavy atom. The fourth-order valence-corrected chi connectivity index (χ4v) is 1.31. The van der Waals surface area contributed by atoms with Gasteiger partial charge in [-0.05, 0) is 9.91 Å². The molecule has 0 bridgehead atoms. The van der Waals surface area contributed by atoms with Gasteiger partial charge >= 0.3 is 12.0 Å². The Balaban J connectivity index is 2.49. The van der Waals surface area contributed by atoms with Crippen LogP contribution in [0.1, 0.15) is 25.6 Å². The highest BCUT2D eigenvalue weighted by Crippen LogP contribution is 2.15. The molecule has 2 heterocycles. The summed E-state index contributed by atoms with van der Waals surface area (Å²) in [6.45, 7) is 3.50. The summed E-state index contributed by atoms with van der Waals surface area (Å²) in [6, 6.07) is -0.670. The standard InChI is InChI=1S/C8H9N7O3/c1-5(2)6-11-7(15(17)18)12-14(6)8(16)13-4-9-3-10-13/h3-5H,1-2H3. The fourth-order valence-electron chi connectivity index (χ4n) is 1.31. The number of nitro groups is 1. The highest BCUT2D eigenvalue weighted by Gasteiger charge is 2.28. The van der Waals surface area contributed by atoms with Crippen molar-refractivity contribution in [2.75, 3.05) is 0 Å². The number of aromatic nitrogens is 6. The number of hydrogen-bond donors (Lipinski definition) is 0. The van der Waals surface area contributed by atoms with Gasteiger partial charge in [-0.3, -0.25) is 0 Å². The molecule has 0 aromatic carbocycles. The van der Waals surface area contributed by atoms with E-state index in [0.717, 1.165) is 9.36 Å². The van der Waals surface area contributed by atoms with Crippen LogP contribution in [0.2, 0.25) is 0 Å². The van der Waals surface area contributed by atoms with Gasteiger partial charge in [0.2, 0.25) is 5.82 Å². The van der Waals surface area contributed by atoms with E-state index < -0.39 is 16.9 Å². The Hall–Kier alpha value is -2.65. The number of hydrogen-bond acceptors (Lipinski definition) is 7. The van der Waals surface area contributed by atoms with Crippen molar-refractivity contribution in [2.45, 2.75) is 19.8 Å². The van der Waals surface area contributed by atoms with Gasteiger partial charge in [0.25, 0.3) is 0 Å². The third kappa shape index (κ3) is 1.95. The van der Waals surface area contributed by atoms with Crippen LogP contribution in [0.4, 0.5) is 10.7 Å². The first kappa shape index (κ1) is 11.8. The third-order valence-corrected chi connectivity index (χ3v) is 2.10. The van der Waals surface area contributed by atoms with Crippen molar-refractivity contribution in [1.29, 1.82) is 0 Å². The van der Waals surface area contributed by atoms with Gasteiger partial charge < -0.3 is 10.1 Å². The minimum atomic E-state index is -0.753. The molecular formula is C8H9N7O3. The van der Waals surface area contributed by atoms with E-state index in [2.05, 4.69) is 20.2 Å². The molecule has 2 rings (SSSR count). The first-order valence-corrected chi connectivity index (χ1v) is 5.01. The number of nitrogens with zero attached hydrogens (tertiary/aromatic N) is 7. The van der Waals surface area contributed by atoms with Crippen LogP contribution in [0.3, 0.4) is 0 Å². The molecule has 0 radical (unpaired) electrons. The van der Waals surface area contributed by atoms with Gasteiger partial charge in [-0.2, -0.15) is 9.78 Å². The Morgan fingerprint density at radius 2 is 2.22 bits per heavy atom. The largest absolute Gasteiger partial charge is 0.491 e. The lowest BCUT2D eigenvalue weighted by Gasteiger charge is -2.00. The Bertz CT molecular complexity index is 586. The number of carbonyl (C=O) groups is 1. The van der Waals surface area contributed by atoms with Crippen molar-refractivity contribution in [3.05, 3.63) is 28.6 Å². The zero-order chi connectivity index (χ0) is 13.3. The Labute approximate surface area is 100 Å². The van der Waals surface area contributed by atoms with E-state index in [9.17, 15) is 14.9 Å². The predicted octanol–water partition coefficient (Wildman–Crippen LogP) is 0.418. The fraction of sp³-hybridized carbons (Fsp3) is 0.375. The average Bonchev–Trinajstić information content (AvgIpc) is 2.97. The minimum Gasteiger partial charge on any atom is -0.390 e. The van der Waals surface area contributed by atoms with Crippen molar-refractivity contribution >= 4 is 12.0 Å². The molecule has 0 atom stereocenters. The van der Waals surface area contributed by atoms with Crippen molar-refractivity contribution in [2.24, 2.45) is 0 Å². The molecule has 0 amide bonds. The normalized spacial score (nSPS) is 10.8. The van der Waals surface area contributed by atoms with Crippen LogP contribution in [0.5, 0.6) is 0 Å². The van der Waals surface area contributed by atoms with Gasteiger partial charge in [-0.15, -0.1) is 0 Å². The molecule has 0 saturated heterocycles. The quantitative estimate of drug-likeness (QED) is 0.559. The molecule has 0 aliphatic heterocycles. The zero-order valence-electron chi connectivity index (χ0n) is 9.59. The van der Waals surface area contributed by atoms with Crippen LogP contribution in [-0.2, 0) is 0 Å². The van der Waals surface area contributed by atoms with Crippen LogP contribution in [0, 0.1) is 10.1 Å². The Morgan fingerprint density at radius 3 is 2.72 bits per heavy atom. The molecule has 0 N–H and O–H groups in total.